The van der Waals surface area contributed by atoms with Crippen molar-refractivity contribution in [3.63, 3.8) is 0 Å². The smallest absolute Gasteiger partial charge is 0.220 e. The molecule has 120 valence electrons. The molecule has 1 aliphatic heterocycles. The van der Waals surface area contributed by atoms with Crippen LogP contribution in [0.25, 0.3) is 0 Å². The number of ether oxygens (including phenoxy) is 1. The fourth-order valence-electron chi connectivity index (χ4n) is 2.49. The van der Waals surface area contributed by atoms with Gasteiger partial charge in [0, 0.05) is 6.42 Å². The van der Waals surface area contributed by atoms with Crippen molar-refractivity contribution in [1.82, 2.24) is 5.32 Å². The first-order valence-electron chi connectivity index (χ1n) is 7.92. The van der Waals surface area contributed by atoms with Gasteiger partial charge in [0.05, 0.1) is 12.6 Å². The van der Waals surface area contributed by atoms with E-state index < -0.39 is 11.6 Å². The average Bonchev–Trinajstić information content (AvgIpc) is 3.23. The van der Waals surface area contributed by atoms with Gasteiger partial charge in [0.25, 0.3) is 0 Å². The van der Waals surface area contributed by atoms with Crippen LogP contribution in [-0.4, -0.2) is 29.9 Å². The second kappa shape index (κ2) is 7.05. The molecule has 0 radical (unpaired) electrons. The normalized spacial score (nSPS) is 21.5. The third-order valence-corrected chi connectivity index (χ3v) is 3.94. The Labute approximate surface area is 132 Å². The van der Waals surface area contributed by atoms with Crippen LogP contribution in [-0.2, 0) is 20.7 Å². The molecule has 0 unspecified atom stereocenters. The lowest BCUT2D eigenvalue weighted by Gasteiger charge is -2.21. The molecule has 2 rings (SSSR count). The van der Waals surface area contributed by atoms with Crippen molar-refractivity contribution in [2.45, 2.75) is 51.7 Å². The molecule has 22 heavy (non-hydrogen) atoms. The summed E-state index contributed by atoms with van der Waals surface area (Å²) < 4.78 is 5.23. The number of epoxide rings is 1. The van der Waals surface area contributed by atoms with E-state index in [1.54, 1.807) is 6.92 Å². The zero-order chi connectivity index (χ0) is 16.2. The Balaban J connectivity index is 1.89. The summed E-state index contributed by atoms with van der Waals surface area (Å²) in [5, 5.41) is 2.90. The Hall–Kier alpha value is -1.68. The Morgan fingerprint density at radius 3 is 2.45 bits per heavy atom. The molecule has 0 bridgehead atoms. The number of ketones is 1. The van der Waals surface area contributed by atoms with Crippen LogP contribution in [0.5, 0.6) is 0 Å². The molecule has 0 aliphatic carbocycles. The van der Waals surface area contributed by atoms with E-state index in [1.165, 1.54) is 0 Å². The van der Waals surface area contributed by atoms with Crippen molar-refractivity contribution in [3.8, 4) is 0 Å². The zero-order valence-electron chi connectivity index (χ0n) is 13.6. The summed E-state index contributed by atoms with van der Waals surface area (Å²) in [7, 11) is 0. The van der Waals surface area contributed by atoms with E-state index >= 15 is 0 Å². The highest BCUT2D eigenvalue weighted by Crippen LogP contribution is 2.29. The van der Waals surface area contributed by atoms with Crippen LogP contribution in [0.4, 0.5) is 0 Å². The molecule has 4 heteroatoms. The molecule has 1 amide bonds. The summed E-state index contributed by atoms with van der Waals surface area (Å²) in [6.07, 6.45) is 1.72. The molecule has 1 aromatic carbocycles. The fraction of sp³-hybridized carbons (Fsp3) is 0.556. The minimum absolute atomic E-state index is 0.00531. The minimum Gasteiger partial charge on any atom is -0.361 e. The number of nitrogens with one attached hydrogen (secondary N) is 1. The third-order valence-electron chi connectivity index (χ3n) is 3.94. The van der Waals surface area contributed by atoms with Gasteiger partial charge in [-0.25, -0.2) is 0 Å². The van der Waals surface area contributed by atoms with E-state index in [0.717, 1.165) is 5.56 Å². The molecule has 0 spiro atoms. The predicted molar refractivity (Wildman–Crippen MR) is 85.5 cm³/mol. The van der Waals surface area contributed by atoms with Gasteiger partial charge in [-0.1, -0.05) is 44.2 Å². The number of amides is 1. The highest BCUT2D eigenvalue weighted by molar-refractivity contribution is 5.96. The van der Waals surface area contributed by atoms with Gasteiger partial charge in [0.2, 0.25) is 5.91 Å². The lowest BCUT2D eigenvalue weighted by Crippen LogP contribution is -2.46. The third kappa shape index (κ3) is 4.67. The molecule has 0 saturated carbocycles. The van der Waals surface area contributed by atoms with Crippen LogP contribution in [0.1, 0.15) is 39.2 Å². The Morgan fingerprint density at radius 2 is 1.91 bits per heavy atom. The molecular weight excluding hydrogens is 278 g/mol. The number of carbonyl (C=O) groups excluding carboxylic acids is 2. The van der Waals surface area contributed by atoms with Crippen molar-refractivity contribution in [1.29, 1.82) is 0 Å². The summed E-state index contributed by atoms with van der Waals surface area (Å²) in [5.41, 5.74) is 0.439. The molecule has 4 nitrogen and oxygen atoms in total. The first kappa shape index (κ1) is 16.7. The van der Waals surface area contributed by atoms with Gasteiger partial charge >= 0.3 is 0 Å². The van der Waals surface area contributed by atoms with Gasteiger partial charge in [0.1, 0.15) is 5.60 Å². The van der Waals surface area contributed by atoms with E-state index in [0.29, 0.717) is 31.8 Å². The van der Waals surface area contributed by atoms with Crippen molar-refractivity contribution in [2.24, 2.45) is 5.92 Å². The molecule has 2 atom stereocenters. The molecule has 1 fully saturated rings. The van der Waals surface area contributed by atoms with Crippen molar-refractivity contribution in [3.05, 3.63) is 35.9 Å². The number of hydrogen-bond acceptors (Lipinski definition) is 3. The summed E-state index contributed by atoms with van der Waals surface area (Å²) in [6, 6.07) is 9.44. The lowest BCUT2D eigenvalue weighted by atomic mass is 9.93. The minimum atomic E-state index is -0.688. The standard InChI is InChI=1S/C18H25NO3/c1-13(2)11-15(17(21)18(3)12-22-18)19-16(20)10-9-14-7-5-4-6-8-14/h4-8,13,15H,9-12H2,1-3H3,(H,19,20)/t15-,18+/m0/s1. The topological polar surface area (TPSA) is 58.7 Å². The number of Topliss-reactive ketones (excluding diaryl/α,β-unsaturated/α-hetero) is 1. The maximum absolute atomic E-state index is 12.4. The number of carbonyl (C=O) groups is 2. The summed E-state index contributed by atoms with van der Waals surface area (Å²) in [5.74, 6) is 0.257. The van der Waals surface area contributed by atoms with Crippen molar-refractivity contribution in [2.75, 3.05) is 6.61 Å². The highest BCUT2D eigenvalue weighted by Gasteiger charge is 2.49. The Morgan fingerprint density at radius 1 is 1.27 bits per heavy atom. The largest absolute Gasteiger partial charge is 0.361 e. The zero-order valence-corrected chi connectivity index (χ0v) is 13.6. The molecule has 0 aromatic heterocycles. The Bertz CT molecular complexity index is 520. The monoisotopic (exact) mass is 303 g/mol. The van der Waals surface area contributed by atoms with Gasteiger partial charge in [-0.15, -0.1) is 0 Å². The quantitative estimate of drug-likeness (QED) is 0.751. The van der Waals surface area contributed by atoms with E-state index in [2.05, 4.69) is 5.32 Å². The SMILES string of the molecule is CC(C)C[C@H](NC(=O)CCc1ccccc1)C(=O)[C@@]1(C)CO1. The van der Waals surface area contributed by atoms with Gasteiger partial charge in [-0.3, -0.25) is 9.59 Å². The molecular formula is C18H25NO3. The molecule has 1 aliphatic rings. The van der Waals surface area contributed by atoms with Crippen molar-refractivity contribution >= 4 is 11.7 Å². The van der Waals surface area contributed by atoms with Gasteiger partial charge in [-0.05, 0) is 31.2 Å². The number of aryl methyl sites for hydroxylation is 1. The molecule has 1 aromatic rings. The first-order chi connectivity index (χ1) is 10.4. The van der Waals surface area contributed by atoms with E-state index in [-0.39, 0.29) is 11.7 Å². The highest BCUT2D eigenvalue weighted by atomic mass is 16.6. The maximum Gasteiger partial charge on any atom is 0.220 e. The van der Waals surface area contributed by atoms with E-state index in [4.69, 9.17) is 4.74 Å². The van der Waals surface area contributed by atoms with Crippen LogP contribution in [0, 0.1) is 5.92 Å². The first-order valence-corrected chi connectivity index (χ1v) is 7.92. The second-order valence-corrected chi connectivity index (χ2v) is 6.62. The summed E-state index contributed by atoms with van der Waals surface area (Å²) in [4.78, 5) is 24.6. The fourth-order valence-corrected chi connectivity index (χ4v) is 2.49. The number of benzene rings is 1. The van der Waals surface area contributed by atoms with Crippen LogP contribution in [0.3, 0.4) is 0 Å². The predicted octanol–water partition coefficient (Wildman–Crippen LogP) is 2.51. The van der Waals surface area contributed by atoms with E-state index in [9.17, 15) is 9.59 Å². The Kier molecular flexibility index (Phi) is 5.35. The van der Waals surface area contributed by atoms with Crippen LogP contribution in [0.2, 0.25) is 0 Å². The maximum atomic E-state index is 12.4. The second-order valence-electron chi connectivity index (χ2n) is 6.62. The van der Waals surface area contributed by atoms with Gasteiger partial charge in [0.15, 0.2) is 5.78 Å². The van der Waals surface area contributed by atoms with Crippen LogP contribution in [0.15, 0.2) is 30.3 Å². The van der Waals surface area contributed by atoms with E-state index in [1.807, 2.05) is 44.2 Å². The van der Waals surface area contributed by atoms with Gasteiger partial charge < -0.3 is 10.1 Å². The molecule has 1 N–H and O–H groups in total. The van der Waals surface area contributed by atoms with Crippen molar-refractivity contribution < 1.29 is 14.3 Å². The molecule has 1 saturated heterocycles. The van der Waals surface area contributed by atoms with Gasteiger partial charge in [-0.2, -0.15) is 0 Å². The van der Waals surface area contributed by atoms with Crippen LogP contribution < -0.4 is 5.32 Å². The summed E-state index contributed by atoms with van der Waals surface area (Å²) in [6.45, 7) is 6.35. The average molecular weight is 303 g/mol. The molecule has 1 heterocycles. The summed E-state index contributed by atoms with van der Waals surface area (Å²) >= 11 is 0. The number of hydrogen-bond donors (Lipinski definition) is 1. The number of rotatable bonds is 8. The van der Waals surface area contributed by atoms with Crippen LogP contribution >= 0.6 is 0 Å². The lowest BCUT2D eigenvalue weighted by molar-refractivity contribution is -0.130.